The molecule has 1 heteroatoms. The van der Waals surface area contributed by atoms with Crippen LogP contribution in [0.2, 0.25) is 0 Å². The highest BCUT2D eigenvalue weighted by molar-refractivity contribution is 5.88. The van der Waals surface area contributed by atoms with Gasteiger partial charge in [0.25, 0.3) is 0 Å². The van der Waals surface area contributed by atoms with Gasteiger partial charge in [0.2, 0.25) is 0 Å². The van der Waals surface area contributed by atoms with Crippen molar-refractivity contribution >= 4 is 5.69 Å². The van der Waals surface area contributed by atoms with Crippen molar-refractivity contribution in [2.75, 3.05) is 19.0 Å². The van der Waals surface area contributed by atoms with Gasteiger partial charge in [0.05, 0.1) is 5.41 Å². The predicted molar refractivity (Wildman–Crippen MR) is 121 cm³/mol. The average Bonchev–Trinajstić information content (AvgIpc) is 3.05. The lowest BCUT2D eigenvalue weighted by atomic mass is 9.61. The highest BCUT2D eigenvalue weighted by atomic mass is 15.1. The van der Waals surface area contributed by atoms with E-state index in [2.05, 4.69) is 110 Å². The first-order valence-electron chi connectivity index (χ1n) is 10.3. The molecule has 0 heterocycles. The predicted octanol–water partition coefficient (Wildman–Crippen LogP) is 6.02. The van der Waals surface area contributed by atoms with Gasteiger partial charge in [-0.05, 0) is 63.1 Å². The summed E-state index contributed by atoms with van der Waals surface area (Å²) in [6.07, 6.45) is 0.991. The summed E-state index contributed by atoms with van der Waals surface area (Å²) in [6.45, 7) is 0. The standard InChI is InChI=1S/C28H23N/c1-29(2)21-16-15-20-17-19-9-3-6-12-24(19)28(27(20)18-21)25-13-7-4-10-22(25)23-11-5-8-14-26(23)28/h3-16,18H,17H2,1-2H3. The quantitative estimate of drug-likeness (QED) is 0.341. The summed E-state index contributed by atoms with van der Waals surface area (Å²) in [5.74, 6) is 0. The lowest BCUT2D eigenvalue weighted by molar-refractivity contribution is 0.721. The van der Waals surface area contributed by atoms with Crippen LogP contribution >= 0.6 is 0 Å². The summed E-state index contributed by atoms with van der Waals surface area (Å²) >= 11 is 0. The molecule has 0 saturated carbocycles. The molecule has 1 spiro atoms. The van der Waals surface area contributed by atoms with Crippen molar-refractivity contribution in [3.63, 3.8) is 0 Å². The molecule has 0 radical (unpaired) electrons. The van der Waals surface area contributed by atoms with E-state index in [0.717, 1.165) is 6.42 Å². The zero-order valence-electron chi connectivity index (χ0n) is 16.8. The van der Waals surface area contributed by atoms with E-state index in [1.54, 1.807) is 0 Å². The van der Waals surface area contributed by atoms with Crippen LogP contribution < -0.4 is 4.90 Å². The van der Waals surface area contributed by atoms with Crippen molar-refractivity contribution in [1.29, 1.82) is 0 Å². The minimum atomic E-state index is -0.247. The maximum absolute atomic E-state index is 2.42. The Kier molecular flexibility index (Phi) is 3.35. The fourth-order valence-corrected chi connectivity index (χ4v) is 5.55. The Morgan fingerprint density at radius 1 is 0.586 bits per heavy atom. The smallest absolute Gasteiger partial charge is 0.0719 e. The Morgan fingerprint density at radius 2 is 1.14 bits per heavy atom. The van der Waals surface area contributed by atoms with E-state index in [-0.39, 0.29) is 5.41 Å². The van der Waals surface area contributed by atoms with Gasteiger partial charge < -0.3 is 4.90 Å². The Labute approximate surface area is 172 Å². The molecule has 0 aliphatic heterocycles. The second-order valence-electron chi connectivity index (χ2n) is 8.41. The van der Waals surface area contributed by atoms with Gasteiger partial charge in [0.1, 0.15) is 0 Å². The molecule has 0 aromatic heterocycles. The van der Waals surface area contributed by atoms with Gasteiger partial charge >= 0.3 is 0 Å². The van der Waals surface area contributed by atoms with Crippen LogP contribution in [0, 0.1) is 0 Å². The molecule has 0 unspecified atom stereocenters. The van der Waals surface area contributed by atoms with E-state index in [9.17, 15) is 0 Å². The van der Waals surface area contributed by atoms with Crippen molar-refractivity contribution in [3.8, 4) is 11.1 Å². The molecule has 0 N–H and O–H groups in total. The third-order valence-corrected chi connectivity index (χ3v) is 6.77. The second kappa shape index (κ2) is 5.84. The van der Waals surface area contributed by atoms with E-state index >= 15 is 0 Å². The van der Waals surface area contributed by atoms with Gasteiger partial charge in [-0.15, -0.1) is 0 Å². The molecule has 4 aromatic carbocycles. The fourth-order valence-electron chi connectivity index (χ4n) is 5.55. The van der Waals surface area contributed by atoms with Crippen LogP contribution in [0.3, 0.4) is 0 Å². The van der Waals surface area contributed by atoms with Crippen molar-refractivity contribution in [3.05, 3.63) is 124 Å². The van der Waals surface area contributed by atoms with Gasteiger partial charge in [0.15, 0.2) is 0 Å². The highest BCUT2D eigenvalue weighted by Crippen LogP contribution is 2.59. The van der Waals surface area contributed by atoms with Gasteiger partial charge in [-0.3, -0.25) is 0 Å². The number of anilines is 1. The molecule has 1 nitrogen and oxygen atoms in total. The molecule has 2 aliphatic rings. The molecule has 0 bridgehead atoms. The fraction of sp³-hybridized carbons (Fsp3) is 0.143. The van der Waals surface area contributed by atoms with Gasteiger partial charge in [0, 0.05) is 19.8 Å². The maximum Gasteiger partial charge on any atom is 0.0719 e. The van der Waals surface area contributed by atoms with E-state index in [1.807, 2.05) is 0 Å². The first-order valence-corrected chi connectivity index (χ1v) is 10.3. The summed E-state index contributed by atoms with van der Waals surface area (Å²) in [5.41, 5.74) is 12.3. The average molecular weight is 373 g/mol. The Balaban J connectivity index is 1.82. The number of benzene rings is 4. The van der Waals surface area contributed by atoms with Crippen LogP contribution in [0.4, 0.5) is 5.69 Å². The van der Waals surface area contributed by atoms with E-state index in [1.165, 1.54) is 50.2 Å². The Hall–Kier alpha value is -3.32. The minimum Gasteiger partial charge on any atom is -0.378 e. The monoisotopic (exact) mass is 373 g/mol. The summed E-state index contributed by atoms with van der Waals surface area (Å²) in [6, 6.07) is 34.0. The van der Waals surface area contributed by atoms with Crippen LogP contribution in [0.15, 0.2) is 91.0 Å². The number of hydrogen-bond donors (Lipinski definition) is 0. The van der Waals surface area contributed by atoms with Crippen molar-refractivity contribution in [2.45, 2.75) is 11.8 Å². The molecule has 0 atom stereocenters. The van der Waals surface area contributed by atoms with E-state index < -0.39 is 0 Å². The van der Waals surface area contributed by atoms with Crippen molar-refractivity contribution < 1.29 is 0 Å². The van der Waals surface area contributed by atoms with Crippen molar-refractivity contribution in [1.82, 2.24) is 0 Å². The van der Waals surface area contributed by atoms with Gasteiger partial charge in [-0.2, -0.15) is 0 Å². The van der Waals surface area contributed by atoms with Crippen molar-refractivity contribution in [2.24, 2.45) is 0 Å². The summed E-state index contributed by atoms with van der Waals surface area (Å²) in [4.78, 5) is 2.21. The van der Waals surface area contributed by atoms with E-state index in [4.69, 9.17) is 0 Å². The summed E-state index contributed by atoms with van der Waals surface area (Å²) < 4.78 is 0. The highest BCUT2D eigenvalue weighted by Gasteiger charge is 2.49. The number of hydrogen-bond acceptors (Lipinski definition) is 1. The van der Waals surface area contributed by atoms with Crippen LogP contribution in [-0.4, -0.2) is 14.1 Å². The van der Waals surface area contributed by atoms with E-state index in [0.29, 0.717) is 0 Å². The normalized spacial score (nSPS) is 14.7. The number of rotatable bonds is 1. The molecule has 2 aliphatic carbocycles. The molecule has 4 aromatic rings. The molecule has 0 fully saturated rings. The largest absolute Gasteiger partial charge is 0.378 e. The zero-order chi connectivity index (χ0) is 19.6. The van der Waals surface area contributed by atoms with Crippen LogP contribution in [0.5, 0.6) is 0 Å². The topological polar surface area (TPSA) is 3.24 Å². The molecule has 6 rings (SSSR count). The molecule has 140 valence electrons. The van der Waals surface area contributed by atoms with Crippen LogP contribution in [0.25, 0.3) is 11.1 Å². The third kappa shape index (κ3) is 2.05. The maximum atomic E-state index is 2.42. The Bertz CT molecular complexity index is 1220. The molecule has 0 amide bonds. The molecule has 0 saturated heterocycles. The summed E-state index contributed by atoms with van der Waals surface area (Å²) in [5, 5.41) is 0. The molecular formula is C28H23N. The van der Waals surface area contributed by atoms with Gasteiger partial charge in [-0.25, -0.2) is 0 Å². The Morgan fingerprint density at radius 3 is 1.79 bits per heavy atom. The molecule has 29 heavy (non-hydrogen) atoms. The third-order valence-electron chi connectivity index (χ3n) is 6.77. The first kappa shape index (κ1) is 16.6. The van der Waals surface area contributed by atoms with Crippen LogP contribution in [0.1, 0.15) is 33.4 Å². The second-order valence-corrected chi connectivity index (χ2v) is 8.41. The zero-order valence-corrected chi connectivity index (χ0v) is 16.8. The first-order chi connectivity index (χ1) is 14.2. The lowest BCUT2D eigenvalue weighted by Crippen LogP contribution is -2.34. The minimum absolute atomic E-state index is 0.247. The SMILES string of the molecule is CN(C)c1ccc2c(c1)C1(c3ccccc3C2)c2ccccc2-c2ccccc21. The summed E-state index contributed by atoms with van der Waals surface area (Å²) in [7, 11) is 4.25. The molecular weight excluding hydrogens is 350 g/mol. The lowest BCUT2D eigenvalue weighted by Gasteiger charge is -2.40. The number of nitrogens with zero attached hydrogens (tertiary/aromatic N) is 1. The number of fused-ring (bicyclic) bond motifs is 9. The van der Waals surface area contributed by atoms with Gasteiger partial charge in [-0.1, -0.05) is 78.9 Å². The van der Waals surface area contributed by atoms with Crippen LogP contribution in [-0.2, 0) is 11.8 Å².